The SMILES string of the molecule is CC1(C)Cc2cc(-c3cc(F)ccc3N)ccc2O1. The van der Waals surface area contributed by atoms with Gasteiger partial charge in [0.2, 0.25) is 0 Å². The molecule has 3 rings (SSSR count). The normalized spacial score (nSPS) is 15.9. The molecule has 0 aromatic heterocycles. The maximum Gasteiger partial charge on any atom is 0.123 e. The molecule has 2 N–H and O–H groups in total. The van der Waals surface area contributed by atoms with Crippen LogP contribution in [0.1, 0.15) is 19.4 Å². The lowest BCUT2D eigenvalue weighted by Crippen LogP contribution is -2.24. The highest BCUT2D eigenvalue weighted by atomic mass is 19.1. The number of rotatable bonds is 1. The summed E-state index contributed by atoms with van der Waals surface area (Å²) in [5.41, 5.74) is 9.13. The predicted molar refractivity (Wildman–Crippen MR) is 74.7 cm³/mol. The Morgan fingerprint density at radius 2 is 1.95 bits per heavy atom. The molecular formula is C16H16FNO. The Hall–Kier alpha value is -2.03. The second kappa shape index (κ2) is 3.98. The molecule has 1 aliphatic heterocycles. The molecule has 3 heteroatoms. The fourth-order valence-corrected chi connectivity index (χ4v) is 2.56. The van der Waals surface area contributed by atoms with Crippen LogP contribution in [0.25, 0.3) is 11.1 Å². The van der Waals surface area contributed by atoms with Crippen LogP contribution in [0.5, 0.6) is 5.75 Å². The average Bonchev–Trinajstić information content (AvgIpc) is 2.65. The van der Waals surface area contributed by atoms with Gasteiger partial charge in [0.25, 0.3) is 0 Å². The van der Waals surface area contributed by atoms with Gasteiger partial charge in [0.05, 0.1) is 0 Å². The first-order valence-electron chi connectivity index (χ1n) is 6.32. The second-order valence-corrected chi connectivity index (χ2v) is 5.59. The Labute approximate surface area is 112 Å². The number of anilines is 1. The zero-order valence-electron chi connectivity index (χ0n) is 11.0. The molecule has 0 aliphatic carbocycles. The molecule has 2 nitrogen and oxygen atoms in total. The third-order valence-electron chi connectivity index (χ3n) is 3.39. The van der Waals surface area contributed by atoms with Gasteiger partial charge in [0, 0.05) is 17.7 Å². The van der Waals surface area contributed by atoms with E-state index in [2.05, 4.69) is 13.8 Å². The molecule has 0 saturated carbocycles. The minimum atomic E-state index is -0.277. The first-order chi connectivity index (χ1) is 8.94. The Kier molecular flexibility index (Phi) is 2.52. The minimum Gasteiger partial charge on any atom is -0.487 e. The van der Waals surface area contributed by atoms with Crippen molar-refractivity contribution in [3.05, 3.63) is 47.8 Å². The molecule has 1 heterocycles. The third kappa shape index (κ3) is 2.16. The standard InChI is InChI=1S/C16H16FNO/c1-16(2)9-11-7-10(3-6-15(11)19-16)13-8-12(17)4-5-14(13)18/h3-8H,9,18H2,1-2H3. The fraction of sp³-hybridized carbons (Fsp3) is 0.250. The Balaban J connectivity index is 2.07. The van der Waals surface area contributed by atoms with Gasteiger partial charge in [-0.25, -0.2) is 4.39 Å². The lowest BCUT2D eigenvalue weighted by Gasteiger charge is -2.16. The number of ether oxygens (including phenoxy) is 1. The van der Waals surface area contributed by atoms with E-state index in [1.807, 2.05) is 18.2 Å². The van der Waals surface area contributed by atoms with Gasteiger partial charge in [-0.3, -0.25) is 0 Å². The largest absolute Gasteiger partial charge is 0.487 e. The molecule has 0 unspecified atom stereocenters. The molecule has 2 aromatic carbocycles. The summed E-state index contributed by atoms with van der Waals surface area (Å²) < 4.78 is 19.2. The number of benzene rings is 2. The van der Waals surface area contributed by atoms with Crippen LogP contribution in [-0.4, -0.2) is 5.60 Å². The van der Waals surface area contributed by atoms with E-state index in [4.69, 9.17) is 10.5 Å². The van der Waals surface area contributed by atoms with Crippen molar-refractivity contribution in [3.63, 3.8) is 0 Å². The summed E-state index contributed by atoms with van der Waals surface area (Å²) >= 11 is 0. The zero-order valence-corrected chi connectivity index (χ0v) is 11.0. The summed E-state index contributed by atoms with van der Waals surface area (Å²) in [5.74, 6) is 0.630. The number of halogens is 1. The molecule has 0 fully saturated rings. The highest BCUT2D eigenvalue weighted by molar-refractivity contribution is 5.77. The van der Waals surface area contributed by atoms with Crippen LogP contribution < -0.4 is 10.5 Å². The number of fused-ring (bicyclic) bond motifs is 1. The Morgan fingerprint density at radius 3 is 2.74 bits per heavy atom. The lowest BCUT2D eigenvalue weighted by atomic mass is 9.97. The molecule has 98 valence electrons. The smallest absolute Gasteiger partial charge is 0.123 e. The lowest BCUT2D eigenvalue weighted by molar-refractivity contribution is 0.138. The predicted octanol–water partition coefficient (Wildman–Crippen LogP) is 3.79. The van der Waals surface area contributed by atoms with Crippen LogP contribution in [-0.2, 0) is 6.42 Å². The van der Waals surface area contributed by atoms with Crippen LogP contribution in [0.4, 0.5) is 10.1 Å². The summed E-state index contributed by atoms with van der Waals surface area (Å²) in [6, 6.07) is 10.3. The van der Waals surface area contributed by atoms with Crippen molar-refractivity contribution in [1.29, 1.82) is 0 Å². The van der Waals surface area contributed by atoms with Gasteiger partial charge in [-0.15, -0.1) is 0 Å². The molecule has 19 heavy (non-hydrogen) atoms. The summed E-state index contributed by atoms with van der Waals surface area (Å²) in [4.78, 5) is 0. The maximum absolute atomic E-state index is 13.3. The minimum absolute atomic E-state index is 0.172. The topological polar surface area (TPSA) is 35.2 Å². The van der Waals surface area contributed by atoms with E-state index in [0.717, 1.165) is 28.9 Å². The van der Waals surface area contributed by atoms with E-state index in [1.54, 1.807) is 6.07 Å². The summed E-state index contributed by atoms with van der Waals surface area (Å²) in [7, 11) is 0. The molecule has 0 spiro atoms. The van der Waals surface area contributed by atoms with E-state index in [1.165, 1.54) is 12.1 Å². The fourth-order valence-electron chi connectivity index (χ4n) is 2.56. The number of hydrogen-bond donors (Lipinski definition) is 1. The molecule has 1 aliphatic rings. The van der Waals surface area contributed by atoms with Crippen molar-refractivity contribution >= 4 is 5.69 Å². The van der Waals surface area contributed by atoms with Crippen molar-refractivity contribution in [2.45, 2.75) is 25.9 Å². The first kappa shape index (κ1) is 12.0. The van der Waals surface area contributed by atoms with Gasteiger partial charge in [-0.05, 0) is 55.3 Å². The van der Waals surface area contributed by atoms with Crippen LogP contribution in [0.15, 0.2) is 36.4 Å². The van der Waals surface area contributed by atoms with E-state index in [9.17, 15) is 4.39 Å². The Bertz CT molecular complexity index is 649. The van der Waals surface area contributed by atoms with Gasteiger partial charge < -0.3 is 10.5 Å². The van der Waals surface area contributed by atoms with Gasteiger partial charge in [0.15, 0.2) is 0 Å². The number of nitrogen functional groups attached to an aromatic ring is 1. The van der Waals surface area contributed by atoms with Gasteiger partial charge in [-0.1, -0.05) is 6.07 Å². The average molecular weight is 257 g/mol. The van der Waals surface area contributed by atoms with Crippen LogP contribution >= 0.6 is 0 Å². The van der Waals surface area contributed by atoms with Crippen molar-refractivity contribution < 1.29 is 9.13 Å². The molecule has 0 atom stereocenters. The molecule has 0 radical (unpaired) electrons. The van der Waals surface area contributed by atoms with Crippen LogP contribution in [0.2, 0.25) is 0 Å². The quantitative estimate of drug-likeness (QED) is 0.789. The maximum atomic E-state index is 13.3. The van der Waals surface area contributed by atoms with Crippen molar-refractivity contribution in [2.75, 3.05) is 5.73 Å². The van der Waals surface area contributed by atoms with Gasteiger partial charge >= 0.3 is 0 Å². The summed E-state index contributed by atoms with van der Waals surface area (Å²) in [5, 5.41) is 0. The monoisotopic (exact) mass is 257 g/mol. The molecular weight excluding hydrogens is 241 g/mol. The van der Waals surface area contributed by atoms with E-state index in [-0.39, 0.29) is 11.4 Å². The van der Waals surface area contributed by atoms with E-state index in [0.29, 0.717) is 5.69 Å². The van der Waals surface area contributed by atoms with Crippen LogP contribution in [0.3, 0.4) is 0 Å². The molecule has 0 amide bonds. The highest BCUT2D eigenvalue weighted by Gasteiger charge is 2.30. The van der Waals surface area contributed by atoms with Crippen molar-refractivity contribution in [1.82, 2.24) is 0 Å². The molecule has 0 bridgehead atoms. The van der Waals surface area contributed by atoms with E-state index >= 15 is 0 Å². The van der Waals surface area contributed by atoms with Crippen LogP contribution in [0, 0.1) is 5.82 Å². The highest BCUT2D eigenvalue weighted by Crippen LogP contribution is 2.38. The number of nitrogens with two attached hydrogens (primary N) is 1. The first-order valence-corrected chi connectivity index (χ1v) is 6.32. The van der Waals surface area contributed by atoms with E-state index < -0.39 is 0 Å². The Morgan fingerprint density at radius 1 is 1.16 bits per heavy atom. The molecule has 0 saturated heterocycles. The van der Waals surface area contributed by atoms with Gasteiger partial charge in [-0.2, -0.15) is 0 Å². The summed E-state index contributed by atoms with van der Waals surface area (Å²) in [6.45, 7) is 4.12. The zero-order chi connectivity index (χ0) is 13.6. The van der Waals surface area contributed by atoms with Gasteiger partial charge in [0.1, 0.15) is 17.2 Å². The van der Waals surface area contributed by atoms with Crippen molar-refractivity contribution in [3.8, 4) is 16.9 Å². The second-order valence-electron chi connectivity index (χ2n) is 5.59. The number of hydrogen-bond acceptors (Lipinski definition) is 2. The summed E-state index contributed by atoms with van der Waals surface area (Å²) in [6.07, 6.45) is 0.853. The van der Waals surface area contributed by atoms with Crippen molar-refractivity contribution in [2.24, 2.45) is 0 Å². The molecule has 2 aromatic rings. The third-order valence-corrected chi connectivity index (χ3v) is 3.39.